The van der Waals surface area contributed by atoms with Gasteiger partial charge in [0.15, 0.2) is 0 Å². The van der Waals surface area contributed by atoms with Crippen LogP contribution in [-0.2, 0) is 9.53 Å². The maximum atomic E-state index is 12.0. The van der Waals surface area contributed by atoms with Crippen molar-refractivity contribution in [1.29, 1.82) is 0 Å². The van der Waals surface area contributed by atoms with Crippen molar-refractivity contribution in [2.24, 2.45) is 0 Å². The highest BCUT2D eigenvalue weighted by atomic mass is 32.2. The predicted molar refractivity (Wildman–Crippen MR) is 97.4 cm³/mol. The van der Waals surface area contributed by atoms with Crippen LogP contribution in [0.1, 0.15) is 18.9 Å². The second kappa shape index (κ2) is 6.18. The number of ether oxygens (including phenoxy) is 1. The molecule has 1 aliphatic heterocycles. The number of cyclic esters (lactones) is 1. The summed E-state index contributed by atoms with van der Waals surface area (Å²) in [7, 11) is 0. The normalized spacial score (nSPS) is 20.5. The van der Waals surface area contributed by atoms with Crippen molar-refractivity contribution < 1.29 is 9.53 Å². The Balaban J connectivity index is 1.77. The third-order valence-electron chi connectivity index (χ3n) is 4.08. The number of hydrogen-bond donors (Lipinski definition) is 0. The molecule has 1 aromatic carbocycles. The minimum Gasteiger partial charge on any atom is -0.462 e. The summed E-state index contributed by atoms with van der Waals surface area (Å²) in [5, 5.41) is 3.81. The van der Waals surface area contributed by atoms with Gasteiger partial charge in [0, 0.05) is 17.4 Å². The van der Waals surface area contributed by atoms with Crippen molar-refractivity contribution >= 4 is 39.3 Å². The minimum atomic E-state index is -0.191. The van der Waals surface area contributed by atoms with Crippen LogP contribution in [0.25, 0.3) is 21.3 Å². The van der Waals surface area contributed by atoms with Gasteiger partial charge in [-0.25, -0.2) is 9.97 Å². The number of nitrogens with zero attached hydrogens (tertiary/aromatic N) is 2. The summed E-state index contributed by atoms with van der Waals surface area (Å²) in [6.07, 6.45) is 2.27. The first-order valence-electron chi connectivity index (χ1n) is 7.78. The predicted octanol–water partition coefficient (Wildman–Crippen LogP) is 4.46. The van der Waals surface area contributed by atoms with Crippen LogP contribution in [0, 0.1) is 6.92 Å². The van der Waals surface area contributed by atoms with Gasteiger partial charge in [-0.3, -0.25) is 4.79 Å². The van der Waals surface area contributed by atoms with Crippen LogP contribution in [0.4, 0.5) is 0 Å². The smallest absolute Gasteiger partial charge is 0.319 e. The molecule has 2 atom stereocenters. The molecule has 3 heterocycles. The van der Waals surface area contributed by atoms with E-state index in [1.165, 1.54) is 17.3 Å². The summed E-state index contributed by atoms with van der Waals surface area (Å²) in [5.74, 6) is -0.147. The van der Waals surface area contributed by atoms with Gasteiger partial charge in [0.25, 0.3) is 0 Å². The van der Waals surface area contributed by atoms with E-state index in [-0.39, 0.29) is 17.3 Å². The topological polar surface area (TPSA) is 52.1 Å². The summed E-state index contributed by atoms with van der Waals surface area (Å²) in [6, 6.07) is 8.44. The molecule has 1 saturated heterocycles. The van der Waals surface area contributed by atoms with Crippen LogP contribution in [0.15, 0.2) is 41.0 Å². The van der Waals surface area contributed by atoms with Gasteiger partial charge >= 0.3 is 5.97 Å². The zero-order valence-corrected chi connectivity index (χ0v) is 15.0. The van der Waals surface area contributed by atoms with Crippen LogP contribution in [0.3, 0.4) is 0 Å². The van der Waals surface area contributed by atoms with Gasteiger partial charge in [-0.05, 0) is 19.4 Å². The zero-order valence-electron chi connectivity index (χ0n) is 13.4. The van der Waals surface area contributed by atoms with Crippen LogP contribution in [0.2, 0.25) is 0 Å². The number of aromatic nitrogens is 2. The second-order valence-electron chi connectivity index (χ2n) is 5.96. The number of aryl methyl sites for hydroxylation is 1. The molecular weight excluding hydrogens is 340 g/mol. The summed E-state index contributed by atoms with van der Waals surface area (Å²) in [6.45, 7) is 4.00. The molecule has 24 heavy (non-hydrogen) atoms. The molecule has 0 N–H and O–H groups in total. The van der Waals surface area contributed by atoms with Gasteiger partial charge in [0.1, 0.15) is 27.5 Å². The molecule has 1 fully saturated rings. The van der Waals surface area contributed by atoms with Crippen LogP contribution < -0.4 is 0 Å². The van der Waals surface area contributed by atoms with Crippen molar-refractivity contribution in [2.75, 3.05) is 0 Å². The third kappa shape index (κ3) is 2.80. The lowest BCUT2D eigenvalue weighted by molar-refractivity contribution is -0.140. The Morgan fingerprint density at radius 3 is 2.75 bits per heavy atom. The highest BCUT2D eigenvalue weighted by Gasteiger charge is 2.33. The van der Waals surface area contributed by atoms with Gasteiger partial charge < -0.3 is 4.74 Å². The summed E-state index contributed by atoms with van der Waals surface area (Å²) >= 11 is 3.10. The van der Waals surface area contributed by atoms with Crippen molar-refractivity contribution in [1.82, 2.24) is 9.97 Å². The average Bonchev–Trinajstić information content (AvgIpc) is 3.12. The van der Waals surface area contributed by atoms with Crippen LogP contribution >= 0.6 is 23.1 Å². The van der Waals surface area contributed by atoms with E-state index in [0.717, 1.165) is 32.8 Å². The van der Waals surface area contributed by atoms with Gasteiger partial charge in [-0.2, -0.15) is 0 Å². The second-order valence-corrected chi connectivity index (χ2v) is 8.01. The lowest BCUT2D eigenvalue weighted by Crippen LogP contribution is -2.09. The summed E-state index contributed by atoms with van der Waals surface area (Å²) in [4.78, 5) is 21.8. The Kier molecular flexibility index (Phi) is 4.02. The number of carbonyl (C=O) groups is 1. The van der Waals surface area contributed by atoms with E-state index in [1.54, 1.807) is 17.7 Å². The molecule has 0 bridgehead atoms. The maximum absolute atomic E-state index is 12.0. The molecule has 1 aliphatic rings. The van der Waals surface area contributed by atoms with Crippen LogP contribution in [0.5, 0.6) is 0 Å². The molecule has 122 valence electrons. The molecule has 0 aliphatic carbocycles. The van der Waals surface area contributed by atoms with E-state index in [2.05, 4.69) is 46.5 Å². The van der Waals surface area contributed by atoms with E-state index < -0.39 is 0 Å². The fraction of sp³-hybridized carbons (Fsp3) is 0.278. The molecule has 6 heteroatoms. The number of benzene rings is 1. The number of hydrogen-bond acceptors (Lipinski definition) is 6. The van der Waals surface area contributed by atoms with E-state index in [0.29, 0.717) is 0 Å². The van der Waals surface area contributed by atoms with Crippen molar-refractivity contribution in [3.8, 4) is 11.1 Å². The number of esters is 1. The SMILES string of the molecule is Cc1ccc(-c2csc3ncnc(SC4CC(C)OC4=O)c23)cc1. The first kappa shape index (κ1) is 15.6. The van der Waals surface area contributed by atoms with Gasteiger partial charge in [0.05, 0.1) is 5.39 Å². The summed E-state index contributed by atoms with van der Waals surface area (Å²) < 4.78 is 5.27. The minimum absolute atomic E-state index is 0.0219. The number of thiophene rings is 1. The van der Waals surface area contributed by atoms with Gasteiger partial charge in [-0.1, -0.05) is 41.6 Å². The molecule has 0 saturated carbocycles. The van der Waals surface area contributed by atoms with E-state index >= 15 is 0 Å². The maximum Gasteiger partial charge on any atom is 0.319 e. The molecule has 2 aromatic heterocycles. The third-order valence-corrected chi connectivity index (χ3v) is 6.17. The van der Waals surface area contributed by atoms with Crippen molar-refractivity contribution in [3.63, 3.8) is 0 Å². The van der Waals surface area contributed by atoms with Gasteiger partial charge in [0.2, 0.25) is 0 Å². The fourth-order valence-corrected chi connectivity index (χ4v) is 5.04. The number of rotatable bonds is 3. The molecule has 4 rings (SSSR count). The quantitative estimate of drug-likeness (QED) is 0.512. The standard InChI is InChI=1S/C18H16N2O2S2/c1-10-3-5-12(6-4-10)13-8-23-16-15(13)17(20-9-19-16)24-14-7-11(2)22-18(14)21/h3-6,8-9,11,14H,7H2,1-2H3. The molecule has 0 amide bonds. The van der Waals surface area contributed by atoms with Crippen molar-refractivity contribution in [3.05, 3.63) is 41.5 Å². The zero-order chi connectivity index (χ0) is 16.7. The molecule has 3 aromatic rings. The molecule has 0 spiro atoms. The lowest BCUT2D eigenvalue weighted by Gasteiger charge is -2.08. The van der Waals surface area contributed by atoms with Crippen molar-refractivity contribution in [2.45, 2.75) is 36.6 Å². The largest absolute Gasteiger partial charge is 0.462 e. The highest BCUT2D eigenvalue weighted by Crippen LogP contribution is 2.40. The Morgan fingerprint density at radius 1 is 1.25 bits per heavy atom. The Morgan fingerprint density at radius 2 is 2.04 bits per heavy atom. The highest BCUT2D eigenvalue weighted by molar-refractivity contribution is 8.00. The Bertz CT molecular complexity index is 905. The lowest BCUT2D eigenvalue weighted by atomic mass is 10.1. The average molecular weight is 356 g/mol. The number of fused-ring (bicyclic) bond motifs is 1. The number of thioether (sulfide) groups is 1. The van der Waals surface area contributed by atoms with E-state index in [9.17, 15) is 4.79 Å². The fourth-order valence-electron chi connectivity index (χ4n) is 2.83. The molecule has 2 unspecified atom stereocenters. The van der Waals surface area contributed by atoms with E-state index in [1.807, 2.05) is 6.92 Å². The molecular formula is C18H16N2O2S2. The molecule has 0 radical (unpaired) electrons. The first-order chi connectivity index (χ1) is 11.6. The first-order valence-corrected chi connectivity index (χ1v) is 9.54. The molecule has 4 nitrogen and oxygen atoms in total. The summed E-state index contributed by atoms with van der Waals surface area (Å²) in [5.41, 5.74) is 3.50. The van der Waals surface area contributed by atoms with Gasteiger partial charge in [-0.15, -0.1) is 11.3 Å². The number of carbonyl (C=O) groups excluding carboxylic acids is 1. The Hall–Kier alpha value is -1.92. The van der Waals surface area contributed by atoms with Crippen LogP contribution in [-0.4, -0.2) is 27.3 Å². The van der Waals surface area contributed by atoms with E-state index in [4.69, 9.17) is 4.74 Å². The Labute approximate surface area is 148 Å². The monoisotopic (exact) mass is 356 g/mol.